The van der Waals surface area contributed by atoms with E-state index in [2.05, 4.69) is 5.32 Å². The number of aliphatic carboxylic acids is 1. The van der Waals surface area contributed by atoms with Crippen LogP contribution < -0.4 is 10.6 Å². The Hall–Kier alpha value is -3.48. The van der Waals surface area contributed by atoms with Crippen molar-refractivity contribution in [1.29, 1.82) is 0 Å². The van der Waals surface area contributed by atoms with Gasteiger partial charge in [-0.3, -0.25) is 19.7 Å². The summed E-state index contributed by atoms with van der Waals surface area (Å²) in [5.41, 5.74) is 0.655. The Kier molecular flexibility index (Phi) is 7.54. The molecule has 4 amide bonds. The highest BCUT2D eigenvalue weighted by molar-refractivity contribution is 7.91. The van der Waals surface area contributed by atoms with Crippen molar-refractivity contribution in [3.63, 3.8) is 0 Å². The number of hydrogen-bond donors (Lipinski definition) is 4. The Morgan fingerprint density at radius 1 is 1.09 bits per heavy atom. The first-order valence-electron chi connectivity index (χ1n) is 9.86. The topological polar surface area (TPSA) is 170 Å². The summed E-state index contributed by atoms with van der Waals surface area (Å²) in [7, 11) is -4.12. The highest BCUT2D eigenvalue weighted by Crippen LogP contribution is 2.21. The van der Waals surface area contributed by atoms with Gasteiger partial charge in [-0.1, -0.05) is 11.6 Å². The Bertz CT molecular complexity index is 1220. The lowest BCUT2D eigenvalue weighted by Crippen LogP contribution is -2.44. The minimum absolute atomic E-state index is 0.191. The molecule has 0 bridgehead atoms. The smallest absolute Gasteiger partial charge is 0.324 e. The minimum Gasteiger partial charge on any atom is -0.481 e. The Morgan fingerprint density at radius 3 is 2.26 bits per heavy atom. The molecule has 2 aromatic carbocycles. The molecule has 1 aliphatic heterocycles. The average molecular weight is 510 g/mol. The Labute approximate surface area is 199 Å². The third kappa shape index (κ3) is 5.71. The van der Waals surface area contributed by atoms with Crippen molar-refractivity contribution in [3.8, 4) is 0 Å². The number of halogens is 1. The predicted octanol–water partition coefficient (Wildman–Crippen LogP) is 0.980. The molecule has 0 aliphatic carbocycles. The number of sulfone groups is 1. The summed E-state index contributed by atoms with van der Waals surface area (Å²) in [6.45, 7) is -1.33. The number of aliphatic hydroxyl groups is 1. The maximum absolute atomic E-state index is 12.8. The fraction of sp³-hybridized carbons (Fsp3) is 0.238. The van der Waals surface area contributed by atoms with Crippen molar-refractivity contribution >= 4 is 50.9 Å². The Balaban J connectivity index is 1.71. The van der Waals surface area contributed by atoms with Gasteiger partial charge in [0.05, 0.1) is 23.2 Å². The number of carbonyl (C=O) groups is 4. The van der Waals surface area contributed by atoms with Crippen LogP contribution in [0, 0.1) is 5.92 Å². The van der Waals surface area contributed by atoms with Gasteiger partial charge >= 0.3 is 12.0 Å². The molecule has 0 saturated carbocycles. The zero-order valence-electron chi connectivity index (χ0n) is 17.5. The molecule has 1 aliphatic rings. The molecule has 4 N–H and O–H groups in total. The summed E-state index contributed by atoms with van der Waals surface area (Å²) < 4.78 is 25.6. The van der Waals surface area contributed by atoms with Crippen molar-refractivity contribution in [2.24, 2.45) is 5.92 Å². The SMILES string of the molecule is O=C(Nc1ccc(S(=O)(=O)CC(CN2C(=O)NC(=O)C2CO)C(=O)O)cc1)c1ccc(Cl)cc1. The zero-order valence-corrected chi connectivity index (χ0v) is 19.0. The van der Waals surface area contributed by atoms with Crippen molar-refractivity contribution < 1.29 is 37.8 Å². The molecule has 1 saturated heterocycles. The molecule has 1 fully saturated rings. The largest absolute Gasteiger partial charge is 0.481 e. The van der Waals surface area contributed by atoms with Crippen LogP contribution in [0.1, 0.15) is 10.4 Å². The standard InChI is InChI=1S/C21H20ClN3O8S/c22-14-3-1-12(2-4-14)18(27)23-15-5-7-16(8-6-15)34(32,33)11-13(20(29)30)9-25-17(10-26)19(28)24-21(25)31/h1-8,13,17,26H,9-11H2,(H,23,27)(H,29,30)(H,24,28,31). The van der Waals surface area contributed by atoms with Gasteiger partial charge in [0, 0.05) is 22.8 Å². The number of nitrogens with zero attached hydrogens (tertiary/aromatic N) is 1. The third-order valence-electron chi connectivity index (χ3n) is 5.11. The lowest BCUT2D eigenvalue weighted by Gasteiger charge is -2.23. The lowest BCUT2D eigenvalue weighted by molar-refractivity contribution is -0.141. The second-order valence-electron chi connectivity index (χ2n) is 7.45. The van der Waals surface area contributed by atoms with Crippen LogP contribution in [0.5, 0.6) is 0 Å². The van der Waals surface area contributed by atoms with E-state index in [4.69, 9.17) is 11.6 Å². The molecule has 2 unspecified atom stereocenters. The van der Waals surface area contributed by atoms with Gasteiger partial charge in [-0.15, -0.1) is 0 Å². The molecule has 3 rings (SSSR count). The summed E-state index contributed by atoms with van der Waals surface area (Å²) >= 11 is 5.79. The molecule has 13 heteroatoms. The first-order valence-corrected chi connectivity index (χ1v) is 11.9. The number of carbonyl (C=O) groups excluding carboxylic acids is 3. The van der Waals surface area contributed by atoms with Crippen LogP contribution >= 0.6 is 11.6 Å². The molecule has 0 radical (unpaired) electrons. The number of urea groups is 1. The van der Waals surface area contributed by atoms with E-state index in [-0.39, 0.29) is 4.90 Å². The summed E-state index contributed by atoms with van der Waals surface area (Å²) in [6, 6.07) is 9.09. The number of rotatable bonds is 9. The lowest BCUT2D eigenvalue weighted by atomic mass is 10.1. The number of carboxylic acid groups (broad SMARTS) is 1. The number of nitrogens with one attached hydrogen (secondary N) is 2. The number of hydrogen-bond acceptors (Lipinski definition) is 7. The third-order valence-corrected chi connectivity index (χ3v) is 7.19. The number of aliphatic hydroxyl groups excluding tert-OH is 1. The maximum Gasteiger partial charge on any atom is 0.324 e. The van der Waals surface area contributed by atoms with Crippen molar-refractivity contribution in [2.45, 2.75) is 10.9 Å². The average Bonchev–Trinajstić information content (AvgIpc) is 3.05. The highest BCUT2D eigenvalue weighted by Gasteiger charge is 2.41. The van der Waals surface area contributed by atoms with Gasteiger partial charge in [0.1, 0.15) is 6.04 Å². The number of carboxylic acids is 1. The van der Waals surface area contributed by atoms with Gasteiger partial charge in [0.15, 0.2) is 9.84 Å². The van der Waals surface area contributed by atoms with Crippen molar-refractivity contribution in [2.75, 3.05) is 24.2 Å². The molecule has 180 valence electrons. The monoisotopic (exact) mass is 509 g/mol. The zero-order chi connectivity index (χ0) is 25.0. The van der Waals surface area contributed by atoms with Crippen LogP contribution in [-0.2, 0) is 19.4 Å². The van der Waals surface area contributed by atoms with Crippen LogP contribution in [-0.4, -0.2) is 72.3 Å². The number of imide groups is 1. The second-order valence-corrected chi connectivity index (χ2v) is 9.92. The molecule has 0 aromatic heterocycles. The maximum atomic E-state index is 12.8. The summed E-state index contributed by atoms with van der Waals surface area (Å²) in [4.78, 5) is 48.1. The van der Waals surface area contributed by atoms with Crippen LogP contribution in [0.4, 0.5) is 10.5 Å². The van der Waals surface area contributed by atoms with Gasteiger partial charge in [0.25, 0.3) is 11.8 Å². The summed E-state index contributed by atoms with van der Waals surface area (Å²) in [5, 5.41) is 23.8. The molecule has 2 aromatic rings. The number of anilines is 1. The molecular weight excluding hydrogens is 490 g/mol. The van der Waals surface area contributed by atoms with Crippen LogP contribution in [0.3, 0.4) is 0 Å². The van der Waals surface area contributed by atoms with E-state index in [9.17, 15) is 37.8 Å². The fourth-order valence-electron chi connectivity index (χ4n) is 3.29. The summed E-state index contributed by atoms with van der Waals surface area (Å²) in [6.07, 6.45) is 0. The Morgan fingerprint density at radius 2 is 1.71 bits per heavy atom. The first kappa shape index (κ1) is 25.1. The quantitative estimate of drug-likeness (QED) is 0.362. The van der Waals surface area contributed by atoms with Crippen LogP contribution in [0.2, 0.25) is 5.02 Å². The van der Waals surface area contributed by atoms with Gasteiger partial charge in [0.2, 0.25) is 0 Å². The molecule has 2 atom stereocenters. The minimum atomic E-state index is -4.12. The second kappa shape index (κ2) is 10.2. The molecule has 0 spiro atoms. The normalized spacial score (nSPS) is 16.8. The molecule has 1 heterocycles. The van der Waals surface area contributed by atoms with E-state index in [0.29, 0.717) is 16.3 Å². The highest BCUT2D eigenvalue weighted by atomic mass is 35.5. The first-order chi connectivity index (χ1) is 16.0. The summed E-state index contributed by atoms with van der Waals surface area (Å²) in [5.74, 6) is -5.13. The number of benzene rings is 2. The van der Waals surface area contributed by atoms with Crippen molar-refractivity contribution in [1.82, 2.24) is 10.2 Å². The van der Waals surface area contributed by atoms with Gasteiger partial charge in [-0.2, -0.15) is 0 Å². The van der Waals surface area contributed by atoms with Crippen LogP contribution in [0.15, 0.2) is 53.4 Å². The molecule has 11 nitrogen and oxygen atoms in total. The van der Waals surface area contributed by atoms with E-state index in [1.165, 1.54) is 36.4 Å². The van der Waals surface area contributed by atoms with E-state index in [0.717, 1.165) is 4.90 Å². The van der Waals surface area contributed by atoms with E-state index in [1.807, 2.05) is 5.32 Å². The van der Waals surface area contributed by atoms with Crippen molar-refractivity contribution in [3.05, 3.63) is 59.1 Å². The van der Waals surface area contributed by atoms with Crippen LogP contribution in [0.25, 0.3) is 0 Å². The predicted molar refractivity (Wildman–Crippen MR) is 120 cm³/mol. The molecule has 34 heavy (non-hydrogen) atoms. The number of amides is 4. The fourth-order valence-corrected chi connectivity index (χ4v) is 4.93. The molecular formula is C21H20ClN3O8S. The van der Waals surface area contributed by atoms with E-state index in [1.54, 1.807) is 12.1 Å². The van der Waals surface area contributed by atoms with Gasteiger partial charge in [-0.25, -0.2) is 13.2 Å². The van der Waals surface area contributed by atoms with Gasteiger partial charge in [-0.05, 0) is 48.5 Å². The van der Waals surface area contributed by atoms with E-state index >= 15 is 0 Å². The van der Waals surface area contributed by atoms with Gasteiger partial charge < -0.3 is 20.4 Å². The van der Waals surface area contributed by atoms with E-state index < -0.39 is 64.5 Å².